The van der Waals surface area contributed by atoms with Crippen LogP contribution in [0, 0.1) is 11.8 Å². The molecule has 2 rings (SSSR count). The fraction of sp³-hybridized carbons (Fsp3) is 0.818. The van der Waals surface area contributed by atoms with Gasteiger partial charge in [-0.15, -0.1) is 0 Å². The van der Waals surface area contributed by atoms with E-state index >= 15 is 0 Å². The smallest absolute Gasteiger partial charge is 0.307 e. The van der Waals surface area contributed by atoms with E-state index in [1.807, 2.05) is 6.92 Å². The molecule has 15 heavy (non-hydrogen) atoms. The SMILES string of the molecule is CC1(NC(=O)C2CCCC2C(=O)O)CC1. The molecule has 0 aromatic heterocycles. The van der Waals surface area contributed by atoms with Crippen LogP contribution in [0.25, 0.3) is 0 Å². The first kappa shape index (κ1) is 10.5. The largest absolute Gasteiger partial charge is 0.481 e. The van der Waals surface area contributed by atoms with Gasteiger partial charge in [-0.1, -0.05) is 6.42 Å². The predicted octanol–water partition coefficient (Wildman–Crippen LogP) is 1.16. The van der Waals surface area contributed by atoms with Gasteiger partial charge in [-0.25, -0.2) is 0 Å². The molecule has 0 spiro atoms. The summed E-state index contributed by atoms with van der Waals surface area (Å²) >= 11 is 0. The molecule has 2 atom stereocenters. The molecule has 1 amide bonds. The Bertz CT molecular complexity index is 296. The summed E-state index contributed by atoms with van der Waals surface area (Å²) in [6, 6.07) is 0. The maximum atomic E-state index is 11.8. The van der Waals surface area contributed by atoms with E-state index in [1.54, 1.807) is 0 Å². The summed E-state index contributed by atoms with van der Waals surface area (Å²) in [5.74, 6) is -1.65. The van der Waals surface area contributed by atoms with Crippen molar-refractivity contribution in [2.45, 2.75) is 44.6 Å². The second kappa shape index (κ2) is 3.51. The lowest BCUT2D eigenvalue weighted by Crippen LogP contribution is -2.41. The van der Waals surface area contributed by atoms with Gasteiger partial charge in [-0.2, -0.15) is 0 Å². The number of carboxylic acid groups (broad SMARTS) is 1. The van der Waals surface area contributed by atoms with Crippen LogP contribution in [0.1, 0.15) is 39.0 Å². The van der Waals surface area contributed by atoms with Crippen LogP contribution in [0.3, 0.4) is 0 Å². The molecular weight excluding hydrogens is 194 g/mol. The molecule has 2 fully saturated rings. The lowest BCUT2D eigenvalue weighted by Gasteiger charge is -2.18. The normalized spacial score (nSPS) is 32.3. The summed E-state index contributed by atoms with van der Waals surface area (Å²) in [5.41, 5.74) is -0.0390. The molecule has 0 saturated heterocycles. The zero-order valence-corrected chi connectivity index (χ0v) is 8.95. The minimum Gasteiger partial charge on any atom is -0.481 e. The number of aliphatic carboxylic acids is 1. The predicted molar refractivity (Wildman–Crippen MR) is 54.2 cm³/mol. The van der Waals surface area contributed by atoms with Crippen molar-refractivity contribution in [2.75, 3.05) is 0 Å². The van der Waals surface area contributed by atoms with Crippen LogP contribution in [-0.4, -0.2) is 22.5 Å². The molecule has 2 unspecified atom stereocenters. The monoisotopic (exact) mass is 211 g/mol. The number of hydrogen-bond acceptors (Lipinski definition) is 2. The zero-order chi connectivity index (χ0) is 11.1. The van der Waals surface area contributed by atoms with Crippen molar-refractivity contribution >= 4 is 11.9 Å². The van der Waals surface area contributed by atoms with Gasteiger partial charge in [-0.05, 0) is 32.6 Å². The van der Waals surface area contributed by atoms with Gasteiger partial charge in [0.2, 0.25) is 5.91 Å². The van der Waals surface area contributed by atoms with Crippen molar-refractivity contribution in [1.29, 1.82) is 0 Å². The van der Waals surface area contributed by atoms with Crippen LogP contribution in [0.2, 0.25) is 0 Å². The molecular formula is C11H17NO3. The summed E-state index contributed by atoms with van der Waals surface area (Å²) < 4.78 is 0. The van der Waals surface area contributed by atoms with Gasteiger partial charge in [0.05, 0.1) is 11.8 Å². The first-order valence-corrected chi connectivity index (χ1v) is 5.57. The van der Waals surface area contributed by atoms with E-state index < -0.39 is 11.9 Å². The minimum atomic E-state index is -0.825. The van der Waals surface area contributed by atoms with E-state index in [0.717, 1.165) is 25.7 Å². The molecule has 2 N–H and O–H groups in total. The average Bonchev–Trinajstić information content (AvgIpc) is 2.70. The number of carboxylic acids is 1. The highest BCUT2D eigenvalue weighted by Crippen LogP contribution is 2.37. The Morgan fingerprint density at radius 1 is 1.27 bits per heavy atom. The van der Waals surface area contributed by atoms with Gasteiger partial charge < -0.3 is 10.4 Å². The molecule has 2 aliphatic carbocycles. The molecule has 84 valence electrons. The topological polar surface area (TPSA) is 66.4 Å². The molecule has 4 heteroatoms. The van der Waals surface area contributed by atoms with Gasteiger partial charge in [0.15, 0.2) is 0 Å². The van der Waals surface area contributed by atoms with Crippen LogP contribution < -0.4 is 5.32 Å². The van der Waals surface area contributed by atoms with Crippen molar-refractivity contribution < 1.29 is 14.7 Å². The third kappa shape index (κ3) is 2.13. The Kier molecular flexibility index (Phi) is 2.44. The maximum absolute atomic E-state index is 11.8. The Morgan fingerprint density at radius 3 is 2.40 bits per heavy atom. The van der Waals surface area contributed by atoms with Gasteiger partial charge in [0.25, 0.3) is 0 Å². The summed E-state index contributed by atoms with van der Waals surface area (Å²) in [4.78, 5) is 22.8. The first-order chi connectivity index (χ1) is 7.02. The summed E-state index contributed by atoms with van der Waals surface area (Å²) in [5, 5.41) is 11.9. The van der Waals surface area contributed by atoms with Crippen LogP contribution in [0.4, 0.5) is 0 Å². The third-order valence-electron chi connectivity index (χ3n) is 3.59. The molecule has 2 aliphatic rings. The van der Waals surface area contributed by atoms with E-state index in [0.29, 0.717) is 6.42 Å². The Labute approximate surface area is 89.0 Å². The van der Waals surface area contributed by atoms with Gasteiger partial charge in [0, 0.05) is 5.54 Å². The molecule has 0 bridgehead atoms. The van der Waals surface area contributed by atoms with Gasteiger partial charge >= 0.3 is 5.97 Å². The second-order valence-electron chi connectivity index (χ2n) is 5.03. The van der Waals surface area contributed by atoms with Crippen molar-refractivity contribution in [2.24, 2.45) is 11.8 Å². The van der Waals surface area contributed by atoms with Crippen LogP contribution in [0.15, 0.2) is 0 Å². The summed E-state index contributed by atoms with van der Waals surface area (Å²) in [7, 11) is 0. The van der Waals surface area contributed by atoms with E-state index in [9.17, 15) is 9.59 Å². The minimum absolute atomic E-state index is 0.0390. The highest BCUT2D eigenvalue weighted by Gasteiger charge is 2.43. The van der Waals surface area contributed by atoms with E-state index in [4.69, 9.17) is 5.11 Å². The molecule has 0 aliphatic heterocycles. The Morgan fingerprint density at radius 2 is 1.87 bits per heavy atom. The van der Waals surface area contributed by atoms with E-state index in [-0.39, 0.29) is 17.4 Å². The average molecular weight is 211 g/mol. The van der Waals surface area contributed by atoms with Crippen LogP contribution in [-0.2, 0) is 9.59 Å². The third-order valence-corrected chi connectivity index (χ3v) is 3.59. The fourth-order valence-corrected chi connectivity index (χ4v) is 2.27. The molecule has 0 aromatic carbocycles. The maximum Gasteiger partial charge on any atom is 0.307 e. The molecule has 2 saturated carbocycles. The number of carbonyl (C=O) groups excluding carboxylic acids is 1. The molecule has 0 heterocycles. The lowest BCUT2D eigenvalue weighted by atomic mass is 9.95. The number of carbonyl (C=O) groups is 2. The second-order valence-corrected chi connectivity index (χ2v) is 5.03. The summed E-state index contributed by atoms with van der Waals surface area (Å²) in [6.07, 6.45) is 4.25. The van der Waals surface area contributed by atoms with Gasteiger partial charge in [-0.3, -0.25) is 9.59 Å². The van der Waals surface area contributed by atoms with Crippen molar-refractivity contribution in [1.82, 2.24) is 5.32 Å². The van der Waals surface area contributed by atoms with Crippen molar-refractivity contribution in [3.05, 3.63) is 0 Å². The fourth-order valence-electron chi connectivity index (χ4n) is 2.27. The highest BCUT2D eigenvalue weighted by molar-refractivity contribution is 5.85. The lowest BCUT2D eigenvalue weighted by molar-refractivity contribution is -0.146. The number of nitrogens with one attached hydrogen (secondary N) is 1. The molecule has 0 radical (unpaired) electrons. The first-order valence-electron chi connectivity index (χ1n) is 5.57. The zero-order valence-electron chi connectivity index (χ0n) is 8.95. The highest BCUT2D eigenvalue weighted by atomic mass is 16.4. The number of amides is 1. The number of hydrogen-bond donors (Lipinski definition) is 2. The van der Waals surface area contributed by atoms with Crippen molar-refractivity contribution in [3.8, 4) is 0 Å². The standard InChI is InChI=1S/C11H17NO3/c1-11(5-6-11)12-9(13)7-3-2-4-8(7)10(14)15/h7-8H,2-6H2,1H3,(H,12,13)(H,14,15). The Hall–Kier alpha value is -1.06. The van der Waals surface area contributed by atoms with E-state index in [2.05, 4.69) is 5.32 Å². The summed E-state index contributed by atoms with van der Waals surface area (Å²) in [6.45, 7) is 2.01. The van der Waals surface area contributed by atoms with Crippen LogP contribution in [0.5, 0.6) is 0 Å². The van der Waals surface area contributed by atoms with E-state index in [1.165, 1.54) is 0 Å². The molecule has 4 nitrogen and oxygen atoms in total. The quantitative estimate of drug-likeness (QED) is 0.736. The Balaban J connectivity index is 1.96. The number of rotatable bonds is 3. The van der Waals surface area contributed by atoms with Crippen molar-refractivity contribution in [3.63, 3.8) is 0 Å². The molecule has 0 aromatic rings. The van der Waals surface area contributed by atoms with Crippen LogP contribution >= 0.6 is 0 Å². The van der Waals surface area contributed by atoms with Gasteiger partial charge in [0.1, 0.15) is 0 Å².